The van der Waals surface area contributed by atoms with Crippen molar-refractivity contribution in [3.05, 3.63) is 34.9 Å². The largest absolute Gasteiger partial charge is 0.481 e. The van der Waals surface area contributed by atoms with Gasteiger partial charge in [0.25, 0.3) is 0 Å². The molecular formula is C12H13ClO3. The first-order chi connectivity index (χ1) is 7.62. The molecule has 0 bridgehead atoms. The SMILES string of the molecule is O=C(O)CC1(c2cccc(Cl)c2)CCOC1. The van der Waals surface area contributed by atoms with Crippen LogP contribution in [0.25, 0.3) is 0 Å². The molecule has 1 N–H and O–H groups in total. The van der Waals surface area contributed by atoms with Crippen LogP contribution < -0.4 is 0 Å². The third-order valence-corrected chi connectivity index (χ3v) is 3.27. The molecule has 1 aliphatic rings. The Morgan fingerprint density at radius 2 is 2.38 bits per heavy atom. The van der Waals surface area contributed by atoms with E-state index < -0.39 is 11.4 Å². The van der Waals surface area contributed by atoms with Gasteiger partial charge in [0.05, 0.1) is 13.0 Å². The van der Waals surface area contributed by atoms with Crippen molar-refractivity contribution >= 4 is 17.6 Å². The summed E-state index contributed by atoms with van der Waals surface area (Å²) in [5.74, 6) is -0.800. The van der Waals surface area contributed by atoms with Crippen LogP contribution in [0.15, 0.2) is 24.3 Å². The molecule has 0 aromatic heterocycles. The summed E-state index contributed by atoms with van der Waals surface area (Å²) in [6.45, 7) is 1.07. The smallest absolute Gasteiger partial charge is 0.304 e. The molecule has 1 aromatic carbocycles. The third kappa shape index (κ3) is 2.20. The second-order valence-corrected chi connectivity index (χ2v) is 4.60. The first kappa shape index (κ1) is 11.4. The summed E-state index contributed by atoms with van der Waals surface area (Å²) in [5, 5.41) is 9.61. The highest BCUT2D eigenvalue weighted by Gasteiger charge is 2.38. The van der Waals surface area contributed by atoms with E-state index >= 15 is 0 Å². The number of hydrogen-bond acceptors (Lipinski definition) is 2. The number of ether oxygens (including phenoxy) is 1. The summed E-state index contributed by atoms with van der Waals surface area (Å²) < 4.78 is 5.35. The first-order valence-electron chi connectivity index (χ1n) is 5.18. The zero-order valence-electron chi connectivity index (χ0n) is 8.78. The van der Waals surface area contributed by atoms with Crippen molar-refractivity contribution in [3.63, 3.8) is 0 Å². The minimum Gasteiger partial charge on any atom is -0.481 e. The fourth-order valence-electron chi connectivity index (χ4n) is 2.18. The Bertz CT molecular complexity index is 397. The van der Waals surface area contributed by atoms with Gasteiger partial charge in [-0.05, 0) is 24.1 Å². The highest BCUT2D eigenvalue weighted by Crippen LogP contribution is 2.37. The summed E-state index contributed by atoms with van der Waals surface area (Å²) in [7, 11) is 0. The normalized spacial score (nSPS) is 24.6. The maximum absolute atomic E-state index is 10.9. The molecule has 1 unspecified atom stereocenters. The zero-order chi connectivity index (χ0) is 11.6. The fourth-order valence-corrected chi connectivity index (χ4v) is 2.37. The molecule has 4 heteroatoms. The Morgan fingerprint density at radius 1 is 1.56 bits per heavy atom. The quantitative estimate of drug-likeness (QED) is 0.883. The van der Waals surface area contributed by atoms with Crippen LogP contribution in [0, 0.1) is 0 Å². The summed E-state index contributed by atoms with van der Waals surface area (Å²) >= 11 is 5.93. The molecule has 1 atom stereocenters. The number of aliphatic carboxylic acids is 1. The van der Waals surface area contributed by atoms with Crippen molar-refractivity contribution in [2.45, 2.75) is 18.3 Å². The highest BCUT2D eigenvalue weighted by atomic mass is 35.5. The Hall–Kier alpha value is -1.06. The van der Waals surface area contributed by atoms with Gasteiger partial charge in [-0.3, -0.25) is 4.79 Å². The van der Waals surface area contributed by atoms with E-state index in [1.165, 1.54) is 0 Å². The lowest BCUT2D eigenvalue weighted by molar-refractivity contribution is -0.138. The van der Waals surface area contributed by atoms with Crippen LogP contribution in [-0.2, 0) is 14.9 Å². The maximum Gasteiger partial charge on any atom is 0.304 e. The van der Waals surface area contributed by atoms with Crippen molar-refractivity contribution in [3.8, 4) is 0 Å². The van der Waals surface area contributed by atoms with Crippen LogP contribution in [0.4, 0.5) is 0 Å². The lowest BCUT2D eigenvalue weighted by atomic mass is 9.77. The molecule has 0 spiro atoms. The third-order valence-electron chi connectivity index (χ3n) is 3.03. The average Bonchev–Trinajstić information content (AvgIpc) is 2.66. The van der Waals surface area contributed by atoms with Gasteiger partial charge in [-0.15, -0.1) is 0 Å². The number of carboxylic acids is 1. The monoisotopic (exact) mass is 240 g/mol. The molecule has 86 valence electrons. The van der Waals surface area contributed by atoms with Gasteiger partial charge >= 0.3 is 5.97 Å². The van der Waals surface area contributed by atoms with Gasteiger partial charge in [0.2, 0.25) is 0 Å². The van der Waals surface area contributed by atoms with E-state index in [1.807, 2.05) is 18.2 Å². The van der Waals surface area contributed by atoms with E-state index in [9.17, 15) is 4.79 Å². The van der Waals surface area contributed by atoms with E-state index in [1.54, 1.807) is 6.07 Å². The fraction of sp³-hybridized carbons (Fsp3) is 0.417. The lowest BCUT2D eigenvalue weighted by Gasteiger charge is -2.26. The maximum atomic E-state index is 10.9. The Labute approximate surface area is 99.0 Å². The predicted molar refractivity (Wildman–Crippen MR) is 60.8 cm³/mol. The van der Waals surface area contributed by atoms with Gasteiger partial charge in [0.15, 0.2) is 0 Å². The van der Waals surface area contributed by atoms with E-state index in [0.29, 0.717) is 18.2 Å². The van der Waals surface area contributed by atoms with Gasteiger partial charge < -0.3 is 9.84 Å². The van der Waals surface area contributed by atoms with Crippen molar-refractivity contribution in [1.29, 1.82) is 0 Å². The van der Waals surface area contributed by atoms with Crippen molar-refractivity contribution in [1.82, 2.24) is 0 Å². The molecule has 2 rings (SSSR count). The number of carbonyl (C=O) groups is 1. The van der Waals surface area contributed by atoms with Gasteiger partial charge in [-0.1, -0.05) is 23.7 Å². The van der Waals surface area contributed by atoms with Crippen LogP contribution in [0.5, 0.6) is 0 Å². The summed E-state index contributed by atoms with van der Waals surface area (Å²) in [6, 6.07) is 7.39. The zero-order valence-corrected chi connectivity index (χ0v) is 9.54. The molecule has 1 heterocycles. The molecule has 1 fully saturated rings. The molecule has 16 heavy (non-hydrogen) atoms. The highest BCUT2D eigenvalue weighted by molar-refractivity contribution is 6.30. The first-order valence-corrected chi connectivity index (χ1v) is 5.56. The van der Waals surface area contributed by atoms with Crippen LogP contribution in [0.3, 0.4) is 0 Å². The van der Waals surface area contributed by atoms with Gasteiger partial charge in [0.1, 0.15) is 0 Å². The van der Waals surface area contributed by atoms with Gasteiger partial charge in [-0.2, -0.15) is 0 Å². The number of halogens is 1. The van der Waals surface area contributed by atoms with Crippen LogP contribution in [-0.4, -0.2) is 24.3 Å². The average molecular weight is 241 g/mol. The molecule has 0 aliphatic carbocycles. The Kier molecular flexibility index (Phi) is 3.17. The van der Waals surface area contributed by atoms with Crippen molar-refractivity contribution < 1.29 is 14.6 Å². The van der Waals surface area contributed by atoms with Crippen molar-refractivity contribution in [2.24, 2.45) is 0 Å². The topological polar surface area (TPSA) is 46.5 Å². The minimum atomic E-state index is -0.800. The number of hydrogen-bond donors (Lipinski definition) is 1. The summed E-state index contributed by atoms with van der Waals surface area (Å²) in [4.78, 5) is 10.9. The standard InChI is InChI=1S/C12H13ClO3/c13-10-3-1-2-9(6-10)12(7-11(14)15)4-5-16-8-12/h1-3,6H,4-5,7-8H2,(H,14,15). The molecule has 1 saturated heterocycles. The lowest BCUT2D eigenvalue weighted by Crippen LogP contribution is -2.29. The molecule has 0 saturated carbocycles. The van der Waals surface area contributed by atoms with Gasteiger partial charge in [0, 0.05) is 17.0 Å². The molecule has 0 amide bonds. The van der Waals surface area contributed by atoms with Gasteiger partial charge in [-0.25, -0.2) is 0 Å². The number of carboxylic acid groups (broad SMARTS) is 1. The van der Waals surface area contributed by atoms with E-state index in [4.69, 9.17) is 21.4 Å². The molecule has 0 radical (unpaired) electrons. The second-order valence-electron chi connectivity index (χ2n) is 4.16. The Balaban J connectivity index is 2.35. The summed E-state index contributed by atoms with van der Waals surface area (Å²) in [5.41, 5.74) is 0.552. The predicted octanol–water partition coefficient (Wildman–Crippen LogP) is 2.47. The van der Waals surface area contributed by atoms with E-state index in [0.717, 1.165) is 12.0 Å². The molecular weight excluding hydrogens is 228 g/mol. The van der Waals surface area contributed by atoms with Crippen molar-refractivity contribution in [2.75, 3.05) is 13.2 Å². The molecule has 1 aliphatic heterocycles. The number of benzene rings is 1. The minimum absolute atomic E-state index is 0.0906. The van der Waals surface area contributed by atoms with E-state index in [-0.39, 0.29) is 6.42 Å². The second kappa shape index (κ2) is 4.44. The van der Waals surface area contributed by atoms with Crippen LogP contribution >= 0.6 is 11.6 Å². The van der Waals surface area contributed by atoms with Crippen LogP contribution in [0.2, 0.25) is 5.02 Å². The van der Waals surface area contributed by atoms with E-state index in [2.05, 4.69) is 0 Å². The molecule has 1 aromatic rings. The summed E-state index contributed by atoms with van der Waals surface area (Å²) in [6.07, 6.45) is 0.826. The van der Waals surface area contributed by atoms with Crippen LogP contribution in [0.1, 0.15) is 18.4 Å². The number of rotatable bonds is 3. The molecule has 3 nitrogen and oxygen atoms in total. The Morgan fingerprint density at radius 3 is 2.94 bits per heavy atom.